The molecule has 8 heteroatoms. The fraction of sp³-hybridized carbons (Fsp3) is 0.364. The van der Waals surface area contributed by atoms with E-state index >= 15 is 0 Å². The van der Waals surface area contributed by atoms with Gasteiger partial charge < -0.3 is 4.74 Å². The molecule has 5 nitrogen and oxygen atoms in total. The molecule has 1 atom stereocenters. The minimum absolute atomic E-state index is 0.0699. The average Bonchev–Trinajstić information content (AvgIpc) is 2.36. The molecule has 0 aliphatic carbocycles. The molecule has 0 bridgehead atoms. The molecule has 0 aromatic carbocycles. The number of hydrogen-bond acceptors (Lipinski definition) is 4. The highest BCUT2D eigenvalue weighted by atomic mass is 79.9. The van der Waals surface area contributed by atoms with Crippen molar-refractivity contribution in [3.05, 3.63) is 34.5 Å². The summed E-state index contributed by atoms with van der Waals surface area (Å²) in [4.78, 5) is 3.71. The summed E-state index contributed by atoms with van der Waals surface area (Å²) in [6.45, 7) is 5.77. The van der Waals surface area contributed by atoms with Crippen molar-refractivity contribution in [2.75, 3.05) is 13.2 Å². The predicted octanol–water partition coefficient (Wildman–Crippen LogP) is 2.37. The smallest absolute Gasteiger partial charge is 0.243 e. The Labute approximate surface area is 126 Å². The lowest BCUT2D eigenvalue weighted by Crippen LogP contribution is -2.32. The van der Waals surface area contributed by atoms with E-state index in [4.69, 9.17) is 16.3 Å². The monoisotopic (exact) mass is 368 g/mol. The molecular weight excluding hydrogens is 356 g/mol. The molecule has 1 N–H and O–H groups in total. The van der Waals surface area contributed by atoms with Gasteiger partial charge in [-0.2, -0.15) is 0 Å². The molecule has 1 rings (SSSR count). The summed E-state index contributed by atoms with van der Waals surface area (Å²) in [7, 11) is -3.71. The molecule has 1 aromatic rings. The number of pyridine rings is 1. The summed E-state index contributed by atoms with van der Waals surface area (Å²) in [5, 5.41) is -0.0737. The first-order valence-electron chi connectivity index (χ1n) is 5.40. The van der Waals surface area contributed by atoms with E-state index in [2.05, 4.69) is 32.2 Å². The second-order valence-corrected chi connectivity index (χ2v) is 6.74. The van der Waals surface area contributed by atoms with Gasteiger partial charge in [-0.1, -0.05) is 17.7 Å². The Kier molecular flexibility index (Phi) is 6.41. The molecule has 0 amide bonds. The Hall–Kier alpha value is -0.470. The van der Waals surface area contributed by atoms with Crippen molar-refractivity contribution < 1.29 is 13.2 Å². The summed E-state index contributed by atoms with van der Waals surface area (Å²) in [6.07, 6.45) is 2.75. The van der Waals surface area contributed by atoms with Crippen molar-refractivity contribution in [1.82, 2.24) is 9.71 Å². The molecule has 19 heavy (non-hydrogen) atoms. The molecule has 0 radical (unpaired) electrons. The quantitative estimate of drug-likeness (QED) is 0.592. The van der Waals surface area contributed by atoms with E-state index in [-0.39, 0.29) is 22.7 Å². The summed E-state index contributed by atoms with van der Waals surface area (Å²) in [6, 6.07) is 1.40. The molecule has 0 saturated heterocycles. The standard InChI is InChI=1S/C11H14BrClN2O3S/c1-3-4-18-8(2)6-15-19(16,17)10-5-9(12)7-14-11(10)13/h3,5,7-8,15H,1,4,6H2,2H3. The van der Waals surface area contributed by atoms with E-state index in [1.165, 1.54) is 12.3 Å². The number of rotatable bonds is 7. The maximum Gasteiger partial charge on any atom is 0.243 e. The van der Waals surface area contributed by atoms with Gasteiger partial charge in [0.25, 0.3) is 0 Å². The number of nitrogens with one attached hydrogen (secondary N) is 1. The number of ether oxygens (including phenoxy) is 1. The van der Waals surface area contributed by atoms with Crippen LogP contribution in [0.4, 0.5) is 0 Å². The van der Waals surface area contributed by atoms with Crippen LogP contribution in [0.3, 0.4) is 0 Å². The van der Waals surface area contributed by atoms with Crippen molar-refractivity contribution in [3.8, 4) is 0 Å². The predicted molar refractivity (Wildman–Crippen MR) is 77.7 cm³/mol. The van der Waals surface area contributed by atoms with Gasteiger partial charge in [0.1, 0.15) is 10.0 Å². The van der Waals surface area contributed by atoms with Crippen LogP contribution in [-0.4, -0.2) is 32.7 Å². The lowest BCUT2D eigenvalue weighted by Gasteiger charge is -2.13. The van der Waals surface area contributed by atoms with E-state index in [1.807, 2.05) is 0 Å². The Balaban J connectivity index is 2.76. The molecule has 0 aliphatic rings. The van der Waals surface area contributed by atoms with Gasteiger partial charge in [0.15, 0.2) is 0 Å². The fourth-order valence-electron chi connectivity index (χ4n) is 1.19. The Morgan fingerprint density at radius 2 is 2.37 bits per heavy atom. The van der Waals surface area contributed by atoms with Crippen molar-refractivity contribution in [2.24, 2.45) is 0 Å². The third-order valence-corrected chi connectivity index (χ3v) is 4.41. The SMILES string of the molecule is C=CCOC(C)CNS(=O)(=O)c1cc(Br)cnc1Cl. The van der Waals surface area contributed by atoms with Crippen LogP contribution in [0.15, 0.2) is 34.3 Å². The van der Waals surface area contributed by atoms with Gasteiger partial charge in [0.2, 0.25) is 10.0 Å². The molecule has 0 spiro atoms. The van der Waals surface area contributed by atoms with Gasteiger partial charge in [-0.25, -0.2) is 18.1 Å². The number of aromatic nitrogens is 1. The van der Waals surface area contributed by atoms with Gasteiger partial charge in [-0.05, 0) is 28.9 Å². The molecule has 106 valence electrons. The van der Waals surface area contributed by atoms with Gasteiger partial charge in [0.05, 0.1) is 12.7 Å². The lowest BCUT2D eigenvalue weighted by atomic mass is 10.4. The summed E-state index contributed by atoms with van der Waals surface area (Å²) >= 11 is 8.94. The summed E-state index contributed by atoms with van der Waals surface area (Å²) in [5.74, 6) is 0. The molecule has 1 aromatic heterocycles. The van der Waals surface area contributed by atoms with Gasteiger partial charge >= 0.3 is 0 Å². The first kappa shape index (κ1) is 16.6. The number of nitrogens with zero attached hydrogens (tertiary/aromatic N) is 1. The van der Waals surface area contributed by atoms with E-state index < -0.39 is 10.0 Å². The normalized spacial score (nSPS) is 13.2. The molecule has 1 heterocycles. The van der Waals surface area contributed by atoms with E-state index in [1.54, 1.807) is 13.0 Å². The van der Waals surface area contributed by atoms with Crippen LogP contribution in [0.5, 0.6) is 0 Å². The van der Waals surface area contributed by atoms with Crippen LogP contribution in [0.1, 0.15) is 6.92 Å². The fourth-order valence-corrected chi connectivity index (χ4v) is 3.25. The molecular formula is C11H14BrClN2O3S. The van der Waals surface area contributed by atoms with Crippen molar-refractivity contribution in [3.63, 3.8) is 0 Å². The van der Waals surface area contributed by atoms with E-state index in [0.29, 0.717) is 11.1 Å². The third kappa shape index (κ3) is 5.19. The van der Waals surface area contributed by atoms with Gasteiger partial charge in [0, 0.05) is 17.2 Å². The van der Waals surface area contributed by atoms with Crippen LogP contribution in [-0.2, 0) is 14.8 Å². The minimum atomic E-state index is -3.71. The third-order valence-electron chi connectivity index (χ3n) is 2.12. The van der Waals surface area contributed by atoms with Crippen molar-refractivity contribution in [1.29, 1.82) is 0 Å². The van der Waals surface area contributed by atoms with E-state index in [9.17, 15) is 8.42 Å². The largest absolute Gasteiger partial charge is 0.373 e. The van der Waals surface area contributed by atoms with Gasteiger partial charge in [-0.3, -0.25) is 0 Å². The summed E-state index contributed by atoms with van der Waals surface area (Å²) in [5.41, 5.74) is 0. The van der Waals surface area contributed by atoms with Gasteiger partial charge in [-0.15, -0.1) is 6.58 Å². The maximum atomic E-state index is 12.1. The molecule has 0 saturated carbocycles. The Morgan fingerprint density at radius 1 is 1.68 bits per heavy atom. The van der Waals surface area contributed by atoms with E-state index in [0.717, 1.165) is 0 Å². The molecule has 0 fully saturated rings. The van der Waals surface area contributed by atoms with Crippen molar-refractivity contribution in [2.45, 2.75) is 17.9 Å². The maximum absolute atomic E-state index is 12.1. The molecule has 0 aliphatic heterocycles. The Morgan fingerprint density at radius 3 is 3.00 bits per heavy atom. The highest BCUT2D eigenvalue weighted by Crippen LogP contribution is 2.22. The average molecular weight is 370 g/mol. The molecule has 1 unspecified atom stereocenters. The first-order chi connectivity index (χ1) is 8.86. The van der Waals surface area contributed by atoms with Crippen LogP contribution >= 0.6 is 27.5 Å². The van der Waals surface area contributed by atoms with Crippen molar-refractivity contribution >= 4 is 37.6 Å². The van der Waals surface area contributed by atoms with Crippen LogP contribution in [0.25, 0.3) is 0 Å². The zero-order chi connectivity index (χ0) is 14.5. The topological polar surface area (TPSA) is 68.3 Å². The number of hydrogen-bond donors (Lipinski definition) is 1. The highest BCUT2D eigenvalue weighted by molar-refractivity contribution is 9.10. The van der Waals surface area contributed by atoms with Crippen LogP contribution < -0.4 is 4.72 Å². The zero-order valence-electron chi connectivity index (χ0n) is 10.3. The second kappa shape index (κ2) is 7.35. The van der Waals surface area contributed by atoms with Crippen LogP contribution in [0.2, 0.25) is 5.15 Å². The first-order valence-corrected chi connectivity index (χ1v) is 8.05. The lowest BCUT2D eigenvalue weighted by molar-refractivity contribution is 0.0921. The summed E-state index contributed by atoms with van der Waals surface area (Å²) < 4.78 is 32.3. The Bertz CT molecular complexity index is 551. The second-order valence-electron chi connectivity index (χ2n) is 3.73. The highest BCUT2D eigenvalue weighted by Gasteiger charge is 2.20. The van der Waals surface area contributed by atoms with Crippen LogP contribution in [0, 0.1) is 0 Å². The minimum Gasteiger partial charge on any atom is -0.373 e. The number of halogens is 2. The zero-order valence-corrected chi connectivity index (χ0v) is 13.4. The number of sulfonamides is 1.